The van der Waals surface area contributed by atoms with E-state index in [2.05, 4.69) is 74.5 Å². The zero-order chi connectivity index (χ0) is 13.7. The fourth-order valence-electron chi connectivity index (χ4n) is 2.99. The molecule has 1 aliphatic rings. The lowest BCUT2D eigenvalue weighted by Crippen LogP contribution is -2.27. The molecule has 0 aliphatic carbocycles. The first-order chi connectivity index (χ1) is 9.66. The molecule has 3 aromatic carbocycles. The smallest absolute Gasteiger partial charge is 0.136 e. The van der Waals surface area contributed by atoms with E-state index >= 15 is 0 Å². The predicted octanol–water partition coefficient (Wildman–Crippen LogP) is 5.18. The molecular formula is C19H16O. The maximum absolute atomic E-state index is 6.25. The highest BCUT2D eigenvalue weighted by atomic mass is 16.5. The molecule has 0 spiro atoms. The van der Waals surface area contributed by atoms with E-state index in [0.717, 1.165) is 5.75 Å². The predicted molar refractivity (Wildman–Crippen MR) is 85.2 cm³/mol. The summed E-state index contributed by atoms with van der Waals surface area (Å²) in [7, 11) is 0. The van der Waals surface area contributed by atoms with E-state index in [4.69, 9.17) is 4.74 Å². The second kappa shape index (κ2) is 3.86. The Kier molecular flexibility index (Phi) is 2.23. The monoisotopic (exact) mass is 260 g/mol. The molecule has 0 aromatic heterocycles. The van der Waals surface area contributed by atoms with Gasteiger partial charge in [0, 0.05) is 10.9 Å². The molecule has 0 unspecified atom stereocenters. The zero-order valence-electron chi connectivity index (χ0n) is 11.7. The summed E-state index contributed by atoms with van der Waals surface area (Å²) in [5, 5.41) is 4.99. The van der Waals surface area contributed by atoms with Crippen molar-refractivity contribution in [2.24, 2.45) is 0 Å². The number of benzene rings is 3. The zero-order valence-corrected chi connectivity index (χ0v) is 11.7. The SMILES string of the molecule is CC1(C)C=Cc2c(c3ccccc3c3ccccc23)O1. The molecule has 1 heterocycles. The molecule has 0 atom stereocenters. The van der Waals surface area contributed by atoms with E-state index in [1.54, 1.807) is 0 Å². The van der Waals surface area contributed by atoms with Crippen LogP contribution in [0.4, 0.5) is 0 Å². The Balaban J connectivity index is 2.24. The molecule has 1 aliphatic heterocycles. The van der Waals surface area contributed by atoms with Crippen molar-refractivity contribution in [2.45, 2.75) is 19.4 Å². The van der Waals surface area contributed by atoms with Crippen LogP contribution in [0.2, 0.25) is 0 Å². The first-order valence-corrected chi connectivity index (χ1v) is 6.97. The molecule has 1 nitrogen and oxygen atoms in total. The van der Waals surface area contributed by atoms with Crippen LogP contribution in [-0.2, 0) is 0 Å². The first-order valence-electron chi connectivity index (χ1n) is 6.97. The Hall–Kier alpha value is -2.28. The lowest BCUT2D eigenvalue weighted by molar-refractivity contribution is 0.162. The molecule has 20 heavy (non-hydrogen) atoms. The standard InChI is InChI=1S/C19H16O/c1-19(2)12-11-17-15-9-4-3-7-13(15)14-8-5-6-10-16(14)18(17)20-19/h3-12H,1-2H3. The minimum atomic E-state index is -0.252. The second-order valence-corrected chi connectivity index (χ2v) is 5.87. The maximum atomic E-state index is 6.25. The molecular weight excluding hydrogens is 244 g/mol. The average molecular weight is 260 g/mol. The maximum Gasteiger partial charge on any atom is 0.136 e. The van der Waals surface area contributed by atoms with Gasteiger partial charge in [-0.3, -0.25) is 0 Å². The highest BCUT2D eigenvalue weighted by Crippen LogP contribution is 2.42. The normalized spacial score (nSPS) is 16.1. The summed E-state index contributed by atoms with van der Waals surface area (Å²) in [6.45, 7) is 4.19. The summed E-state index contributed by atoms with van der Waals surface area (Å²) in [5.41, 5.74) is 0.941. The second-order valence-electron chi connectivity index (χ2n) is 5.87. The number of hydrogen-bond acceptors (Lipinski definition) is 1. The Morgan fingerprint density at radius 2 is 1.30 bits per heavy atom. The topological polar surface area (TPSA) is 9.23 Å². The van der Waals surface area contributed by atoms with Crippen molar-refractivity contribution in [1.29, 1.82) is 0 Å². The minimum absolute atomic E-state index is 0.252. The third kappa shape index (κ3) is 1.56. The lowest BCUT2D eigenvalue weighted by Gasteiger charge is -2.29. The van der Waals surface area contributed by atoms with Crippen LogP contribution in [0, 0.1) is 0 Å². The molecule has 0 saturated heterocycles. The van der Waals surface area contributed by atoms with Crippen LogP contribution < -0.4 is 4.74 Å². The van der Waals surface area contributed by atoms with E-state index in [1.165, 1.54) is 27.1 Å². The van der Waals surface area contributed by atoms with Gasteiger partial charge in [0.2, 0.25) is 0 Å². The van der Waals surface area contributed by atoms with Crippen molar-refractivity contribution in [2.75, 3.05) is 0 Å². The lowest BCUT2D eigenvalue weighted by atomic mass is 9.92. The fraction of sp³-hybridized carbons (Fsp3) is 0.158. The highest BCUT2D eigenvalue weighted by molar-refractivity contribution is 6.14. The highest BCUT2D eigenvalue weighted by Gasteiger charge is 2.25. The van der Waals surface area contributed by atoms with Gasteiger partial charge >= 0.3 is 0 Å². The number of ether oxygens (including phenoxy) is 1. The van der Waals surface area contributed by atoms with Gasteiger partial charge in [0.05, 0.1) is 0 Å². The van der Waals surface area contributed by atoms with E-state index in [-0.39, 0.29) is 5.60 Å². The van der Waals surface area contributed by atoms with Crippen molar-refractivity contribution in [3.8, 4) is 5.75 Å². The molecule has 3 aromatic rings. The Labute approximate surface area is 118 Å². The summed E-state index contributed by atoms with van der Waals surface area (Å²) >= 11 is 0. The molecule has 0 N–H and O–H groups in total. The van der Waals surface area contributed by atoms with Gasteiger partial charge in [-0.1, -0.05) is 54.6 Å². The molecule has 0 bridgehead atoms. The van der Waals surface area contributed by atoms with Crippen LogP contribution in [-0.4, -0.2) is 5.60 Å². The van der Waals surface area contributed by atoms with Crippen molar-refractivity contribution < 1.29 is 4.74 Å². The van der Waals surface area contributed by atoms with Crippen LogP contribution in [0.5, 0.6) is 5.75 Å². The van der Waals surface area contributed by atoms with Gasteiger partial charge in [-0.25, -0.2) is 0 Å². The van der Waals surface area contributed by atoms with Crippen molar-refractivity contribution in [3.63, 3.8) is 0 Å². The van der Waals surface area contributed by atoms with Gasteiger partial charge in [0.15, 0.2) is 0 Å². The summed E-state index contributed by atoms with van der Waals surface area (Å²) < 4.78 is 6.25. The van der Waals surface area contributed by atoms with Crippen molar-refractivity contribution in [1.82, 2.24) is 0 Å². The van der Waals surface area contributed by atoms with Crippen LogP contribution in [0.25, 0.3) is 27.6 Å². The molecule has 4 rings (SSSR count). The Bertz CT molecular complexity index is 856. The van der Waals surface area contributed by atoms with Crippen LogP contribution in [0.15, 0.2) is 54.6 Å². The number of hydrogen-bond donors (Lipinski definition) is 0. The summed E-state index contributed by atoms with van der Waals surface area (Å²) in [6, 6.07) is 17.0. The Morgan fingerprint density at radius 1 is 0.750 bits per heavy atom. The summed E-state index contributed by atoms with van der Waals surface area (Å²) in [5.74, 6) is 1.01. The quantitative estimate of drug-likeness (QED) is 0.506. The Morgan fingerprint density at radius 3 is 2.00 bits per heavy atom. The van der Waals surface area contributed by atoms with Gasteiger partial charge in [-0.2, -0.15) is 0 Å². The van der Waals surface area contributed by atoms with Crippen molar-refractivity contribution >= 4 is 27.6 Å². The van der Waals surface area contributed by atoms with E-state index < -0.39 is 0 Å². The molecule has 0 radical (unpaired) electrons. The number of fused-ring (bicyclic) bond motifs is 6. The molecule has 98 valence electrons. The van der Waals surface area contributed by atoms with Gasteiger partial charge < -0.3 is 4.74 Å². The fourth-order valence-corrected chi connectivity index (χ4v) is 2.99. The van der Waals surface area contributed by atoms with Crippen LogP contribution in [0.1, 0.15) is 19.4 Å². The van der Waals surface area contributed by atoms with Crippen LogP contribution in [0.3, 0.4) is 0 Å². The van der Waals surface area contributed by atoms with Gasteiger partial charge in [0.1, 0.15) is 11.4 Å². The third-order valence-electron chi connectivity index (χ3n) is 3.94. The molecule has 0 fully saturated rings. The molecule has 0 saturated carbocycles. The minimum Gasteiger partial charge on any atom is -0.482 e. The van der Waals surface area contributed by atoms with Crippen LogP contribution >= 0.6 is 0 Å². The first kappa shape index (κ1) is 11.5. The van der Waals surface area contributed by atoms with Gasteiger partial charge in [-0.05, 0) is 36.1 Å². The number of rotatable bonds is 0. The van der Waals surface area contributed by atoms with Gasteiger partial charge in [-0.15, -0.1) is 0 Å². The van der Waals surface area contributed by atoms with Gasteiger partial charge in [0.25, 0.3) is 0 Å². The molecule has 1 heteroatoms. The average Bonchev–Trinajstić information content (AvgIpc) is 2.46. The largest absolute Gasteiger partial charge is 0.482 e. The molecule has 0 amide bonds. The van der Waals surface area contributed by atoms with E-state index in [1.807, 2.05) is 0 Å². The van der Waals surface area contributed by atoms with Crippen molar-refractivity contribution in [3.05, 3.63) is 60.2 Å². The summed E-state index contributed by atoms with van der Waals surface area (Å²) in [4.78, 5) is 0. The summed E-state index contributed by atoms with van der Waals surface area (Å²) in [6.07, 6.45) is 4.34. The van der Waals surface area contributed by atoms with E-state index in [9.17, 15) is 0 Å². The van der Waals surface area contributed by atoms with E-state index in [0.29, 0.717) is 0 Å². The third-order valence-corrected chi connectivity index (χ3v) is 3.94.